The van der Waals surface area contributed by atoms with E-state index in [1.807, 2.05) is 26.2 Å². The summed E-state index contributed by atoms with van der Waals surface area (Å²) < 4.78 is 0. The lowest BCUT2D eigenvalue weighted by Gasteiger charge is -2.27. The van der Waals surface area contributed by atoms with E-state index in [2.05, 4.69) is 39.5 Å². The summed E-state index contributed by atoms with van der Waals surface area (Å²) in [5.41, 5.74) is 8.65. The topological polar surface area (TPSA) is 74.5 Å². The zero-order chi connectivity index (χ0) is 12.0. The van der Waals surface area contributed by atoms with Crippen molar-refractivity contribution in [1.82, 2.24) is 16.1 Å². The van der Waals surface area contributed by atoms with Gasteiger partial charge in [-0.05, 0) is 31.8 Å². The number of rotatable bonds is 4. The molecule has 0 fully saturated rings. The molecule has 5 N–H and O–H groups in total. The molecule has 1 unspecified atom stereocenters. The minimum atomic E-state index is -0.280. The number of likely N-dealkylation sites (N-methyl/N-ethyl adjacent to an activating group) is 2. The summed E-state index contributed by atoms with van der Waals surface area (Å²) in [5, 5.41) is 10.4. The van der Waals surface area contributed by atoms with Crippen LogP contribution < -0.4 is 21.8 Å². The Hall–Kier alpha value is -1.40. The molecule has 0 amide bonds. The van der Waals surface area contributed by atoms with Gasteiger partial charge in [0.1, 0.15) is 0 Å². The highest BCUT2D eigenvalue weighted by molar-refractivity contribution is 7.80. The van der Waals surface area contributed by atoms with Crippen LogP contribution in [0.4, 0.5) is 0 Å². The molecule has 0 aromatic heterocycles. The molecule has 0 radical (unpaired) electrons. The molecular weight excluding hydrogens is 222 g/mol. The number of allylic oxidation sites excluding steroid dienone is 1. The van der Waals surface area contributed by atoms with Crippen LogP contribution in [0.1, 0.15) is 6.42 Å². The summed E-state index contributed by atoms with van der Waals surface area (Å²) >= 11 is 4.67. The second kappa shape index (κ2) is 5.62. The van der Waals surface area contributed by atoms with E-state index in [0.717, 1.165) is 12.1 Å². The molecule has 1 rings (SSSR count). The van der Waals surface area contributed by atoms with Gasteiger partial charge in [0.2, 0.25) is 0 Å². The van der Waals surface area contributed by atoms with Crippen molar-refractivity contribution in [1.29, 1.82) is 0 Å². The van der Waals surface area contributed by atoms with Crippen molar-refractivity contribution in [3.8, 4) is 0 Å². The number of nitrogens with two attached hydrogens (primary N) is 1. The van der Waals surface area contributed by atoms with Gasteiger partial charge in [-0.2, -0.15) is 5.10 Å². The van der Waals surface area contributed by atoms with Crippen LogP contribution >= 0.6 is 12.2 Å². The average molecular weight is 239 g/mol. The van der Waals surface area contributed by atoms with Crippen LogP contribution in [-0.4, -0.2) is 31.0 Å². The predicted molar refractivity (Wildman–Crippen MR) is 71.1 cm³/mol. The van der Waals surface area contributed by atoms with Gasteiger partial charge in [-0.25, -0.2) is 0 Å². The maximum Gasteiger partial charge on any atom is 0.184 e. The molecule has 16 heavy (non-hydrogen) atoms. The van der Waals surface area contributed by atoms with Gasteiger partial charge in [0.25, 0.3) is 0 Å². The standard InChI is InChI=1S/C10H17N5S/c1-12-8-3-5-10(13-2,6-4-8)7-14-15-9(11)16/h3-5,7,12-13H,6H2,1-2H3,(H3,11,15,16). The van der Waals surface area contributed by atoms with Crippen molar-refractivity contribution in [3.63, 3.8) is 0 Å². The van der Waals surface area contributed by atoms with Crippen LogP contribution in [0.25, 0.3) is 0 Å². The maximum atomic E-state index is 5.28. The molecule has 0 saturated heterocycles. The van der Waals surface area contributed by atoms with E-state index < -0.39 is 0 Å². The molecule has 0 saturated carbocycles. The third-order valence-electron chi connectivity index (χ3n) is 2.44. The molecule has 88 valence electrons. The molecule has 5 nitrogen and oxygen atoms in total. The van der Waals surface area contributed by atoms with Crippen molar-refractivity contribution in [3.05, 3.63) is 23.9 Å². The lowest BCUT2D eigenvalue weighted by atomic mass is 9.92. The minimum absolute atomic E-state index is 0.161. The molecule has 0 aromatic carbocycles. The fourth-order valence-electron chi connectivity index (χ4n) is 1.40. The van der Waals surface area contributed by atoms with E-state index >= 15 is 0 Å². The van der Waals surface area contributed by atoms with Crippen molar-refractivity contribution in [2.24, 2.45) is 10.8 Å². The highest BCUT2D eigenvalue weighted by Crippen LogP contribution is 2.17. The number of nitrogens with zero attached hydrogens (tertiary/aromatic N) is 1. The Morgan fingerprint density at radius 1 is 1.62 bits per heavy atom. The van der Waals surface area contributed by atoms with Crippen molar-refractivity contribution in [2.45, 2.75) is 12.0 Å². The van der Waals surface area contributed by atoms with Crippen LogP contribution in [-0.2, 0) is 0 Å². The van der Waals surface area contributed by atoms with Crippen LogP contribution in [0.3, 0.4) is 0 Å². The molecule has 0 heterocycles. The third-order valence-corrected chi connectivity index (χ3v) is 2.54. The second-order valence-electron chi connectivity index (χ2n) is 3.47. The maximum absolute atomic E-state index is 5.28. The first-order valence-electron chi connectivity index (χ1n) is 4.97. The fraction of sp³-hybridized carbons (Fsp3) is 0.400. The fourth-order valence-corrected chi connectivity index (χ4v) is 1.45. The Morgan fingerprint density at radius 2 is 2.38 bits per heavy atom. The molecule has 1 atom stereocenters. The zero-order valence-corrected chi connectivity index (χ0v) is 10.3. The first-order valence-corrected chi connectivity index (χ1v) is 5.38. The normalized spacial score (nSPS) is 24.2. The number of nitrogens with one attached hydrogen (secondary N) is 3. The van der Waals surface area contributed by atoms with E-state index in [0.29, 0.717) is 0 Å². The molecule has 0 aliphatic heterocycles. The van der Waals surface area contributed by atoms with Gasteiger partial charge in [0.05, 0.1) is 5.54 Å². The van der Waals surface area contributed by atoms with Gasteiger partial charge in [-0.3, -0.25) is 5.43 Å². The van der Waals surface area contributed by atoms with Crippen LogP contribution in [0.2, 0.25) is 0 Å². The summed E-state index contributed by atoms with van der Waals surface area (Å²) in [6, 6.07) is 0. The Balaban J connectivity index is 2.68. The quantitative estimate of drug-likeness (QED) is 0.311. The molecule has 0 bridgehead atoms. The van der Waals surface area contributed by atoms with Crippen LogP contribution in [0, 0.1) is 0 Å². The first-order chi connectivity index (χ1) is 7.62. The molecule has 1 aliphatic carbocycles. The van der Waals surface area contributed by atoms with E-state index in [-0.39, 0.29) is 10.7 Å². The monoisotopic (exact) mass is 239 g/mol. The van der Waals surface area contributed by atoms with Gasteiger partial charge in [0.15, 0.2) is 5.11 Å². The Kier molecular flexibility index (Phi) is 4.45. The van der Waals surface area contributed by atoms with Crippen molar-refractivity contribution in [2.75, 3.05) is 14.1 Å². The summed E-state index contributed by atoms with van der Waals surface area (Å²) in [7, 11) is 3.78. The molecule has 1 aliphatic rings. The number of hydrogen-bond acceptors (Lipinski definition) is 4. The highest BCUT2D eigenvalue weighted by atomic mass is 32.1. The summed E-state index contributed by atoms with van der Waals surface area (Å²) in [6.45, 7) is 0. The number of thiocarbonyl (C=S) groups is 1. The van der Waals surface area contributed by atoms with Gasteiger partial charge in [-0.15, -0.1) is 0 Å². The number of hydrazone groups is 1. The first kappa shape index (κ1) is 12.7. The summed E-state index contributed by atoms with van der Waals surface area (Å²) in [6.07, 6.45) is 8.73. The van der Waals surface area contributed by atoms with Crippen molar-refractivity contribution < 1.29 is 0 Å². The van der Waals surface area contributed by atoms with E-state index in [1.165, 1.54) is 0 Å². The lowest BCUT2D eigenvalue weighted by molar-refractivity contribution is 0.575. The Morgan fingerprint density at radius 3 is 2.81 bits per heavy atom. The van der Waals surface area contributed by atoms with Gasteiger partial charge in [0, 0.05) is 19.0 Å². The molecule has 0 spiro atoms. The largest absolute Gasteiger partial charge is 0.388 e. The van der Waals surface area contributed by atoms with E-state index in [1.54, 1.807) is 6.21 Å². The zero-order valence-electron chi connectivity index (χ0n) is 9.45. The molecule has 0 aromatic rings. The molecular formula is C10H17N5S. The van der Waals surface area contributed by atoms with Gasteiger partial charge < -0.3 is 16.4 Å². The Labute approximate surface area is 101 Å². The third kappa shape index (κ3) is 3.32. The van der Waals surface area contributed by atoms with Crippen molar-refractivity contribution >= 4 is 23.5 Å². The van der Waals surface area contributed by atoms with E-state index in [9.17, 15) is 0 Å². The smallest absolute Gasteiger partial charge is 0.184 e. The van der Waals surface area contributed by atoms with Crippen LogP contribution in [0.15, 0.2) is 29.0 Å². The molecule has 6 heteroatoms. The minimum Gasteiger partial charge on any atom is -0.388 e. The summed E-state index contributed by atoms with van der Waals surface area (Å²) in [4.78, 5) is 0. The SMILES string of the molecule is CNC1=CCC(C=NNC(N)=S)(NC)C=C1. The second-order valence-corrected chi connectivity index (χ2v) is 3.91. The Bertz CT molecular complexity index is 347. The number of hydrogen-bond donors (Lipinski definition) is 4. The van der Waals surface area contributed by atoms with Gasteiger partial charge >= 0.3 is 0 Å². The predicted octanol–water partition coefficient (Wildman–Crippen LogP) is -0.173. The summed E-state index contributed by atoms with van der Waals surface area (Å²) in [5.74, 6) is 0. The van der Waals surface area contributed by atoms with Crippen LogP contribution in [0.5, 0.6) is 0 Å². The lowest BCUT2D eigenvalue weighted by Crippen LogP contribution is -2.44. The van der Waals surface area contributed by atoms with E-state index in [4.69, 9.17) is 5.73 Å². The highest BCUT2D eigenvalue weighted by Gasteiger charge is 2.23. The van der Waals surface area contributed by atoms with Gasteiger partial charge in [-0.1, -0.05) is 12.2 Å². The average Bonchev–Trinajstić information content (AvgIpc) is 2.29.